The van der Waals surface area contributed by atoms with E-state index in [0.717, 1.165) is 0 Å². The first-order valence-corrected chi connectivity index (χ1v) is 2.50. The van der Waals surface area contributed by atoms with Crippen molar-refractivity contribution in [3.8, 4) is 0 Å². The zero-order valence-electron chi connectivity index (χ0n) is 5.04. The lowest BCUT2D eigenvalue weighted by atomic mass is 10.6. The van der Waals surface area contributed by atoms with Crippen molar-refractivity contribution in [1.29, 1.82) is 0 Å². The van der Waals surface area contributed by atoms with Crippen molar-refractivity contribution < 1.29 is 5.32 Å². The molecule has 44 valence electrons. The molecule has 0 aromatic heterocycles. The van der Waals surface area contributed by atoms with E-state index in [-0.39, 0.29) is 0 Å². The molecule has 0 rings (SSSR count). The Labute approximate surface area is 49.6 Å². The van der Waals surface area contributed by atoms with Crippen LogP contribution in [0.4, 0.5) is 0 Å². The van der Waals surface area contributed by atoms with E-state index in [1.54, 1.807) is 24.7 Å². The number of quaternary nitrogens is 1. The summed E-state index contributed by atoms with van der Waals surface area (Å²) in [5, 5.41) is 1.87. The molecule has 0 saturated carbocycles. The van der Waals surface area contributed by atoms with Gasteiger partial charge >= 0.3 is 0 Å². The van der Waals surface area contributed by atoms with Crippen LogP contribution < -0.4 is 5.32 Å². The van der Waals surface area contributed by atoms with E-state index in [1.165, 1.54) is 0 Å². The summed E-state index contributed by atoms with van der Waals surface area (Å²) in [6.45, 7) is 3.49. The van der Waals surface area contributed by atoms with Crippen LogP contribution in [0.1, 0.15) is 0 Å². The van der Waals surface area contributed by atoms with Gasteiger partial charge in [0.05, 0.1) is 7.05 Å². The summed E-state index contributed by atoms with van der Waals surface area (Å²) < 4.78 is 0. The number of allylic oxidation sites excluding steroid dienone is 2. The Kier molecular flexibility index (Phi) is 5.43. The van der Waals surface area contributed by atoms with Crippen molar-refractivity contribution in [2.75, 3.05) is 7.05 Å². The fourth-order valence-electron chi connectivity index (χ4n) is 0.246. The van der Waals surface area contributed by atoms with Crippen LogP contribution >= 0.6 is 0 Å². The molecule has 0 aliphatic carbocycles. The number of aliphatic imine (C=N–C) groups is 1. The Hall–Kier alpha value is -0.890. The predicted molar refractivity (Wildman–Crippen MR) is 35.7 cm³/mol. The van der Waals surface area contributed by atoms with Crippen molar-refractivity contribution in [2.45, 2.75) is 0 Å². The normalized spacial score (nSPS) is 11.1. The number of hydrogen-bond acceptors (Lipinski definition) is 1. The van der Waals surface area contributed by atoms with Crippen LogP contribution in [0.3, 0.4) is 0 Å². The zero-order chi connectivity index (χ0) is 6.24. The highest BCUT2D eigenvalue weighted by Crippen LogP contribution is 1.69. The lowest BCUT2D eigenvalue weighted by Crippen LogP contribution is -2.77. The van der Waals surface area contributed by atoms with Crippen LogP contribution in [-0.2, 0) is 0 Å². The van der Waals surface area contributed by atoms with Gasteiger partial charge in [0.15, 0.2) is 6.34 Å². The minimum atomic E-state index is 1.69. The van der Waals surface area contributed by atoms with Gasteiger partial charge in [0.1, 0.15) is 0 Å². The molecule has 0 amide bonds. The monoisotopic (exact) mass is 111 g/mol. The highest BCUT2D eigenvalue weighted by molar-refractivity contribution is 5.42. The van der Waals surface area contributed by atoms with Crippen LogP contribution in [0.2, 0.25) is 0 Å². The second kappa shape index (κ2) is 6.11. The Morgan fingerprint density at radius 2 is 2.38 bits per heavy atom. The van der Waals surface area contributed by atoms with E-state index >= 15 is 0 Å². The van der Waals surface area contributed by atoms with Gasteiger partial charge in [0.25, 0.3) is 0 Å². The van der Waals surface area contributed by atoms with Crippen LogP contribution in [0.15, 0.2) is 29.9 Å². The Morgan fingerprint density at radius 1 is 1.62 bits per heavy atom. The topological polar surface area (TPSA) is 29.0 Å². The average molecular weight is 111 g/mol. The van der Waals surface area contributed by atoms with E-state index in [0.29, 0.717) is 0 Å². The van der Waals surface area contributed by atoms with E-state index in [4.69, 9.17) is 0 Å². The van der Waals surface area contributed by atoms with E-state index < -0.39 is 0 Å². The summed E-state index contributed by atoms with van der Waals surface area (Å²) in [7, 11) is 1.92. The lowest BCUT2D eigenvalue weighted by molar-refractivity contribution is -0.496. The molecule has 0 aliphatic heterocycles. The minimum Gasteiger partial charge on any atom is -0.306 e. The molecule has 0 atom stereocenters. The maximum absolute atomic E-state index is 3.85. The van der Waals surface area contributed by atoms with Crippen molar-refractivity contribution >= 4 is 6.34 Å². The largest absolute Gasteiger partial charge is 0.306 e. The quantitative estimate of drug-likeness (QED) is 0.299. The maximum atomic E-state index is 3.85. The number of rotatable bonds is 3. The van der Waals surface area contributed by atoms with Gasteiger partial charge in [-0.25, -0.2) is 4.99 Å². The predicted octanol–water partition coefficient (Wildman–Crippen LogP) is -0.0924. The van der Waals surface area contributed by atoms with Gasteiger partial charge in [-0.15, -0.1) is 0 Å². The minimum absolute atomic E-state index is 1.69. The van der Waals surface area contributed by atoms with Crippen LogP contribution in [-0.4, -0.2) is 13.4 Å². The van der Waals surface area contributed by atoms with Crippen molar-refractivity contribution in [2.24, 2.45) is 4.99 Å². The summed E-state index contributed by atoms with van der Waals surface area (Å²) >= 11 is 0. The number of nitrogens with zero attached hydrogens (tertiary/aromatic N) is 1. The molecule has 0 aromatic carbocycles. The molecule has 0 saturated heterocycles. The van der Waals surface area contributed by atoms with Crippen molar-refractivity contribution in [3.05, 3.63) is 24.9 Å². The van der Waals surface area contributed by atoms with Gasteiger partial charge in [-0.2, -0.15) is 0 Å². The molecule has 2 nitrogen and oxygen atoms in total. The molecule has 2 heteroatoms. The molecular weight excluding hydrogens is 100 g/mol. The first kappa shape index (κ1) is 7.11. The standard InChI is InChI=1S/C6H10N2/c1-3-4-5-8-6-7-2/h3-6H,1H2,2H3,(H,7,8)/p+1/b5-4-. The first-order valence-electron chi connectivity index (χ1n) is 2.50. The van der Waals surface area contributed by atoms with Gasteiger partial charge in [-0.3, -0.25) is 0 Å². The average Bonchev–Trinajstić information content (AvgIpc) is 1.81. The summed E-state index contributed by atoms with van der Waals surface area (Å²) in [5.41, 5.74) is 0. The van der Waals surface area contributed by atoms with Gasteiger partial charge in [-0.05, 0) is 6.08 Å². The highest BCUT2D eigenvalue weighted by atomic mass is 14.9. The lowest BCUT2D eigenvalue weighted by Gasteiger charge is -1.72. The third-order valence-electron chi connectivity index (χ3n) is 0.543. The second-order valence-electron chi connectivity index (χ2n) is 1.21. The zero-order valence-corrected chi connectivity index (χ0v) is 5.04. The third kappa shape index (κ3) is 5.11. The smallest absolute Gasteiger partial charge is 0.186 e. The molecule has 0 fully saturated rings. The molecule has 0 spiro atoms. The Balaban J connectivity index is 3.26. The number of hydrogen-bond donors (Lipinski definition) is 1. The molecule has 2 N–H and O–H groups in total. The molecule has 8 heavy (non-hydrogen) atoms. The summed E-state index contributed by atoms with van der Waals surface area (Å²) in [6.07, 6.45) is 6.88. The van der Waals surface area contributed by atoms with Crippen LogP contribution in [0.5, 0.6) is 0 Å². The summed E-state index contributed by atoms with van der Waals surface area (Å²) in [6, 6.07) is 0. The van der Waals surface area contributed by atoms with Crippen LogP contribution in [0, 0.1) is 0 Å². The van der Waals surface area contributed by atoms with Gasteiger partial charge in [-0.1, -0.05) is 12.7 Å². The molecule has 0 radical (unpaired) electrons. The second-order valence-corrected chi connectivity index (χ2v) is 1.21. The Morgan fingerprint density at radius 3 is 2.88 bits per heavy atom. The number of nitrogens with two attached hydrogens (primary N) is 1. The van der Waals surface area contributed by atoms with Gasteiger partial charge in [0.2, 0.25) is 0 Å². The van der Waals surface area contributed by atoms with E-state index in [2.05, 4.69) is 11.6 Å². The van der Waals surface area contributed by atoms with Crippen molar-refractivity contribution in [1.82, 2.24) is 0 Å². The maximum Gasteiger partial charge on any atom is 0.186 e. The molecule has 0 aliphatic rings. The molecule has 0 bridgehead atoms. The third-order valence-corrected chi connectivity index (χ3v) is 0.543. The van der Waals surface area contributed by atoms with Crippen molar-refractivity contribution in [3.63, 3.8) is 0 Å². The van der Waals surface area contributed by atoms with E-state index in [1.807, 2.05) is 12.4 Å². The first-order chi connectivity index (χ1) is 3.91. The summed E-state index contributed by atoms with van der Waals surface area (Å²) in [4.78, 5) is 3.85. The fourth-order valence-corrected chi connectivity index (χ4v) is 0.246. The highest BCUT2D eigenvalue weighted by Gasteiger charge is 1.60. The molecule has 0 heterocycles. The van der Waals surface area contributed by atoms with E-state index in [9.17, 15) is 0 Å². The molecular formula is C6H11N2+. The summed E-state index contributed by atoms with van der Waals surface area (Å²) in [5.74, 6) is 0. The van der Waals surface area contributed by atoms with Gasteiger partial charge in [0, 0.05) is 6.20 Å². The Bertz CT molecular complexity index is 103. The van der Waals surface area contributed by atoms with Gasteiger partial charge < -0.3 is 5.32 Å². The molecule has 0 unspecified atom stereocenters. The fraction of sp³-hybridized carbons (Fsp3) is 0.167. The van der Waals surface area contributed by atoms with Crippen LogP contribution in [0.25, 0.3) is 0 Å². The molecule has 0 aromatic rings. The SMILES string of the molecule is C=C/C=C\N=C[NH2+]C.